The number of nitrogens with zero attached hydrogens (tertiary/aromatic N) is 1. The van der Waals surface area contributed by atoms with Crippen LogP contribution >= 0.6 is 0 Å². The van der Waals surface area contributed by atoms with Gasteiger partial charge in [-0.2, -0.15) is 0 Å². The highest BCUT2D eigenvalue weighted by Gasteiger charge is 2.21. The van der Waals surface area contributed by atoms with Crippen LogP contribution in [0.5, 0.6) is 5.75 Å². The summed E-state index contributed by atoms with van der Waals surface area (Å²) in [5.41, 5.74) is 5.83. The Hall–Kier alpha value is -2.45. The minimum Gasteiger partial charge on any atom is -0.496 e. The summed E-state index contributed by atoms with van der Waals surface area (Å²) in [6.07, 6.45) is 1.58. The zero-order valence-corrected chi connectivity index (χ0v) is 13.5. The number of carbonyl (C=O) groups is 1. The Morgan fingerprint density at radius 2 is 2.04 bits per heavy atom. The van der Waals surface area contributed by atoms with Gasteiger partial charge in [0.15, 0.2) is 0 Å². The summed E-state index contributed by atoms with van der Waals surface area (Å²) in [7, 11) is -2.47. The van der Waals surface area contributed by atoms with E-state index in [1.54, 1.807) is 31.3 Å². The minimum absolute atomic E-state index is 0.000800. The topological polar surface area (TPSA) is 111 Å². The van der Waals surface area contributed by atoms with E-state index in [4.69, 9.17) is 10.5 Å². The average molecular weight is 335 g/mol. The van der Waals surface area contributed by atoms with E-state index >= 15 is 0 Å². The van der Waals surface area contributed by atoms with Crippen LogP contribution in [-0.4, -0.2) is 26.4 Å². The van der Waals surface area contributed by atoms with Crippen LogP contribution in [-0.2, 0) is 10.0 Å². The maximum absolute atomic E-state index is 12.5. The van der Waals surface area contributed by atoms with Gasteiger partial charge in [-0.05, 0) is 37.3 Å². The molecule has 7 nitrogen and oxygen atoms in total. The van der Waals surface area contributed by atoms with E-state index < -0.39 is 22.0 Å². The lowest BCUT2D eigenvalue weighted by molar-refractivity contribution is 0.0997. The number of primary amides is 1. The van der Waals surface area contributed by atoms with Gasteiger partial charge >= 0.3 is 0 Å². The normalized spacial score (nSPS) is 12.6. The van der Waals surface area contributed by atoms with Crippen LogP contribution in [0.3, 0.4) is 0 Å². The van der Waals surface area contributed by atoms with Crippen molar-refractivity contribution in [1.29, 1.82) is 0 Å². The number of sulfonamides is 1. The van der Waals surface area contributed by atoms with Crippen LogP contribution in [0.25, 0.3) is 0 Å². The van der Waals surface area contributed by atoms with Crippen LogP contribution in [0.15, 0.2) is 47.5 Å². The first kappa shape index (κ1) is 16.9. The number of ether oxygens (including phenoxy) is 1. The number of hydrogen-bond acceptors (Lipinski definition) is 5. The van der Waals surface area contributed by atoms with Gasteiger partial charge in [0.2, 0.25) is 10.0 Å². The zero-order valence-electron chi connectivity index (χ0n) is 12.7. The third-order valence-electron chi connectivity index (χ3n) is 3.21. The number of rotatable bonds is 6. The molecule has 1 aromatic heterocycles. The van der Waals surface area contributed by atoms with Crippen molar-refractivity contribution < 1.29 is 17.9 Å². The summed E-state index contributed by atoms with van der Waals surface area (Å²) in [6, 6.07) is 8.63. The highest BCUT2D eigenvalue weighted by Crippen LogP contribution is 2.23. The van der Waals surface area contributed by atoms with E-state index in [2.05, 4.69) is 9.71 Å². The number of carbonyl (C=O) groups excluding carboxylic acids is 1. The first-order valence-electron chi connectivity index (χ1n) is 6.76. The predicted octanol–water partition coefficient (Wildman–Crippen LogP) is 1.23. The van der Waals surface area contributed by atoms with Gasteiger partial charge in [0.1, 0.15) is 5.75 Å². The molecule has 1 amide bonds. The second-order valence-electron chi connectivity index (χ2n) is 4.82. The number of aromatic nitrogens is 1. The summed E-state index contributed by atoms with van der Waals surface area (Å²) in [6.45, 7) is 1.68. The van der Waals surface area contributed by atoms with Gasteiger partial charge in [-0.1, -0.05) is 6.07 Å². The Balaban J connectivity index is 2.33. The average Bonchev–Trinajstić information content (AvgIpc) is 2.54. The smallest absolute Gasteiger partial charge is 0.252 e. The number of pyridine rings is 1. The highest BCUT2D eigenvalue weighted by atomic mass is 32.2. The second kappa shape index (κ2) is 6.76. The van der Waals surface area contributed by atoms with E-state index in [-0.39, 0.29) is 16.2 Å². The molecule has 122 valence electrons. The summed E-state index contributed by atoms with van der Waals surface area (Å²) in [4.78, 5) is 15.5. The van der Waals surface area contributed by atoms with Gasteiger partial charge in [0, 0.05) is 6.20 Å². The van der Waals surface area contributed by atoms with Crippen molar-refractivity contribution in [3.05, 3.63) is 53.9 Å². The van der Waals surface area contributed by atoms with Crippen molar-refractivity contribution in [2.75, 3.05) is 7.11 Å². The first-order chi connectivity index (χ1) is 10.8. The van der Waals surface area contributed by atoms with Crippen LogP contribution in [0, 0.1) is 0 Å². The Bertz CT molecular complexity index is 807. The fourth-order valence-electron chi connectivity index (χ4n) is 2.04. The lowest BCUT2D eigenvalue weighted by Crippen LogP contribution is -2.27. The van der Waals surface area contributed by atoms with Crippen molar-refractivity contribution in [3.63, 3.8) is 0 Å². The molecule has 1 aromatic carbocycles. The molecule has 0 bridgehead atoms. The number of nitrogens with two attached hydrogens (primary N) is 1. The second-order valence-corrected chi connectivity index (χ2v) is 6.54. The number of benzene rings is 1. The SMILES string of the molecule is COc1ccc(S(=O)(=O)N[C@@H](C)c2ccccn2)cc1C(N)=O. The van der Waals surface area contributed by atoms with Gasteiger partial charge < -0.3 is 10.5 Å². The number of methoxy groups -OCH3 is 1. The van der Waals surface area contributed by atoms with Crippen molar-refractivity contribution in [2.24, 2.45) is 5.73 Å². The molecule has 1 atom stereocenters. The van der Waals surface area contributed by atoms with E-state index in [1.807, 2.05) is 0 Å². The third kappa shape index (κ3) is 3.85. The van der Waals surface area contributed by atoms with Gasteiger partial charge in [0.05, 0.1) is 29.3 Å². The monoisotopic (exact) mass is 335 g/mol. The molecule has 0 aliphatic heterocycles. The van der Waals surface area contributed by atoms with Crippen molar-refractivity contribution in [3.8, 4) is 5.75 Å². The van der Waals surface area contributed by atoms with E-state index in [0.29, 0.717) is 5.69 Å². The lowest BCUT2D eigenvalue weighted by Gasteiger charge is -2.14. The molecule has 0 fully saturated rings. The molecule has 2 rings (SSSR count). The number of hydrogen-bond donors (Lipinski definition) is 2. The standard InChI is InChI=1S/C15H17N3O4S/c1-10(13-5-3-4-8-17-13)18-23(20,21)11-6-7-14(22-2)12(9-11)15(16)19/h3-10,18H,1-2H3,(H2,16,19)/t10-/m0/s1. The molecule has 0 saturated heterocycles. The molecule has 0 unspecified atom stereocenters. The highest BCUT2D eigenvalue weighted by molar-refractivity contribution is 7.89. The molecule has 0 radical (unpaired) electrons. The van der Waals surface area contributed by atoms with E-state index in [1.165, 1.54) is 25.3 Å². The summed E-state index contributed by atoms with van der Waals surface area (Å²) >= 11 is 0. The fourth-order valence-corrected chi connectivity index (χ4v) is 3.28. The molecule has 8 heteroatoms. The largest absolute Gasteiger partial charge is 0.496 e. The number of amides is 1. The maximum Gasteiger partial charge on any atom is 0.252 e. The molecule has 1 heterocycles. The van der Waals surface area contributed by atoms with Gasteiger partial charge in [-0.15, -0.1) is 0 Å². The molecular weight excluding hydrogens is 318 g/mol. The first-order valence-corrected chi connectivity index (χ1v) is 8.24. The molecule has 3 N–H and O–H groups in total. The van der Waals surface area contributed by atoms with Crippen molar-refractivity contribution >= 4 is 15.9 Å². The zero-order chi connectivity index (χ0) is 17.0. The van der Waals surface area contributed by atoms with E-state index in [9.17, 15) is 13.2 Å². The molecule has 0 saturated carbocycles. The third-order valence-corrected chi connectivity index (χ3v) is 4.75. The van der Waals surface area contributed by atoms with Crippen molar-refractivity contribution in [1.82, 2.24) is 9.71 Å². The Morgan fingerprint density at radius 1 is 1.30 bits per heavy atom. The molecule has 0 aliphatic rings. The number of nitrogens with one attached hydrogen (secondary N) is 1. The minimum atomic E-state index is -3.84. The molecule has 2 aromatic rings. The fraction of sp³-hybridized carbons (Fsp3) is 0.200. The van der Waals surface area contributed by atoms with Crippen LogP contribution in [0.2, 0.25) is 0 Å². The van der Waals surface area contributed by atoms with Crippen molar-refractivity contribution in [2.45, 2.75) is 17.9 Å². The Morgan fingerprint density at radius 3 is 2.61 bits per heavy atom. The lowest BCUT2D eigenvalue weighted by atomic mass is 10.2. The Kier molecular flexibility index (Phi) is 4.97. The maximum atomic E-state index is 12.5. The molecule has 23 heavy (non-hydrogen) atoms. The van der Waals surface area contributed by atoms with Gasteiger partial charge in [0.25, 0.3) is 5.91 Å². The summed E-state index contributed by atoms with van der Waals surface area (Å²) in [5.74, 6) is -0.550. The van der Waals surface area contributed by atoms with Crippen LogP contribution < -0.4 is 15.2 Å². The molecule has 0 spiro atoms. The summed E-state index contributed by atoms with van der Waals surface area (Å²) < 4.78 is 32.4. The van der Waals surface area contributed by atoms with Gasteiger partial charge in [-0.3, -0.25) is 9.78 Å². The molecular formula is C15H17N3O4S. The van der Waals surface area contributed by atoms with E-state index in [0.717, 1.165) is 0 Å². The quantitative estimate of drug-likeness (QED) is 0.824. The predicted molar refractivity (Wildman–Crippen MR) is 84.5 cm³/mol. The van der Waals surface area contributed by atoms with Crippen LogP contribution in [0.1, 0.15) is 29.0 Å². The Labute approximate surface area is 134 Å². The van der Waals surface area contributed by atoms with Gasteiger partial charge in [-0.25, -0.2) is 13.1 Å². The summed E-state index contributed by atoms with van der Waals surface area (Å²) in [5, 5.41) is 0. The van der Waals surface area contributed by atoms with Crippen LogP contribution in [0.4, 0.5) is 0 Å². The molecule has 0 aliphatic carbocycles.